The van der Waals surface area contributed by atoms with Crippen LogP contribution in [0.15, 0.2) is 42.6 Å². The minimum Gasteiger partial charge on any atom is -0.444 e. The van der Waals surface area contributed by atoms with Gasteiger partial charge >= 0.3 is 6.09 Å². The number of allylic oxidation sites excluding steroid dienone is 1. The van der Waals surface area contributed by atoms with Crippen LogP contribution in [0.1, 0.15) is 12.5 Å². The van der Waals surface area contributed by atoms with Gasteiger partial charge in [0.1, 0.15) is 6.61 Å². The lowest BCUT2D eigenvalue weighted by Gasteiger charge is -2.11. The second kappa shape index (κ2) is 5.86. The predicted octanol–water partition coefficient (Wildman–Crippen LogP) is 2.79. The molecule has 3 heteroatoms. The van der Waals surface area contributed by atoms with Crippen LogP contribution in [0.25, 0.3) is 0 Å². The van der Waals surface area contributed by atoms with Crippen molar-refractivity contribution in [3.05, 3.63) is 48.2 Å². The van der Waals surface area contributed by atoms with Crippen molar-refractivity contribution in [2.45, 2.75) is 13.5 Å². The maximum absolute atomic E-state index is 11.4. The molecule has 1 aromatic carbocycles. The molecule has 15 heavy (non-hydrogen) atoms. The van der Waals surface area contributed by atoms with Crippen molar-refractivity contribution in [1.29, 1.82) is 0 Å². The lowest BCUT2D eigenvalue weighted by Crippen LogP contribution is -2.21. The molecule has 1 rings (SSSR count). The Bertz CT molecular complexity index is 333. The highest BCUT2D eigenvalue weighted by Crippen LogP contribution is 2.02. The molecular formula is C12H15NO2. The first-order chi connectivity index (χ1) is 7.24. The zero-order valence-electron chi connectivity index (χ0n) is 9.01. The summed E-state index contributed by atoms with van der Waals surface area (Å²) in [5.41, 5.74) is 0.986. The number of benzene rings is 1. The molecule has 0 heterocycles. The smallest absolute Gasteiger partial charge is 0.413 e. The first-order valence-electron chi connectivity index (χ1n) is 4.80. The summed E-state index contributed by atoms with van der Waals surface area (Å²) < 4.78 is 5.08. The Kier molecular flexibility index (Phi) is 4.41. The maximum Gasteiger partial charge on any atom is 0.413 e. The third-order valence-electron chi connectivity index (χ3n) is 1.87. The Hall–Kier alpha value is -1.77. The molecule has 0 bridgehead atoms. The van der Waals surface area contributed by atoms with E-state index in [-0.39, 0.29) is 6.09 Å². The monoisotopic (exact) mass is 205 g/mol. The molecular weight excluding hydrogens is 190 g/mol. The largest absolute Gasteiger partial charge is 0.444 e. The van der Waals surface area contributed by atoms with Crippen LogP contribution in [0.4, 0.5) is 4.79 Å². The molecule has 1 amide bonds. The average molecular weight is 205 g/mol. The van der Waals surface area contributed by atoms with E-state index in [4.69, 9.17) is 4.74 Å². The molecule has 80 valence electrons. The predicted molar refractivity (Wildman–Crippen MR) is 59.2 cm³/mol. The molecule has 0 aromatic heterocycles. The number of nitrogens with zero attached hydrogens (tertiary/aromatic N) is 1. The highest BCUT2D eigenvalue weighted by Gasteiger charge is 2.05. The van der Waals surface area contributed by atoms with Crippen LogP contribution < -0.4 is 0 Å². The second-order valence-electron chi connectivity index (χ2n) is 3.13. The van der Waals surface area contributed by atoms with Crippen LogP contribution >= 0.6 is 0 Å². The molecule has 0 unspecified atom stereocenters. The Morgan fingerprint density at radius 3 is 2.67 bits per heavy atom. The lowest BCUT2D eigenvalue weighted by atomic mass is 10.2. The van der Waals surface area contributed by atoms with E-state index in [1.165, 1.54) is 4.90 Å². The van der Waals surface area contributed by atoms with Gasteiger partial charge in [-0.2, -0.15) is 0 Å². The summed E-state index contributed by atoms with van der Waals surface area (Å²) in [4.78, 5) is 12.8. The third kappa shape index (κ3) is 3.85. The van der Waals surface area contributed by atoms with Gasteiger partial charge in [0.25, 0.3) is 0 Å². The van der Waals surface area contributed by atoms with E-state index >= 15 is 0 Å². The quantitative estimate of drug-likeness (QED) is 0.759. The Morgan fingerprint density at radius 2 is 2.07 bits per heavy atom. The molecule has 0 fully saturated rings. The SMILES string of the molecule is C/C=C/N(C)C(=O)OCc1ccccc1. The average Bonchev–Trinajstić information content (AvgIpc) is 2.27. The van der Waals surface area contributed by atoms with Crippen LogP contribution in [-0.2, 0) is 11.3 Å². The first-order valence-corrected chi connectivity index (χ1v) is 4.80. The van der Waals surface area contributed by atoms with Crippen molar-refractivity contribution >= 4 is 6.09 Å². The minimum atomic E-state index is -0.350. The summed E-state index contributed by atoms with van der Waals surface area (Å²) in [7, 11) is 1.66. The molecule has 0 saturated heterocycles. The number of hydrogen-bond acceptors (Lipinski definition) is 2. The molecule has 3 nitrogen and oxygen atoms in total. The Morgan fingerprint density at radius 1 is 1.40 bits per heavy atom. The summed E-state index contributed by atoms with van der Waals surface area (Å²) in [6.45, 7) is 2.16. The lowest BCUT2D eigenvalue weighted by molar-refractivity contribution is 0.117. The van der Waals surface area contributed by atoms with Crippen molar-refractivity contribution in [2.24, 2.45) is 0 Å². The van der Waals surface area contributed by atoms with E-state index in [9.17, 15) is 4.79 Å². The number of amides is 1. The summed E-state index contributed by atoms with van der Waals surface area (Å²) in [6.07, 6.45) is 3.09. The maximum atomic E-state index is 11.4. The van der Waals surface area contributed by atoms with Crippen LogP contribution in [-0.4, -0.2) is 18.0 Å². The van der Waals surface area contributed by atoms with Gasteiger partial charge in [-0.25, -0.2) is 4.79 Å². The second-order valence-corrected chi connectivity index (χ2v) is 3.13. The third-order valence-corrected chi connectivity index (χ3v) is 1.87. The standard InChI is InChI=1S/C12H15NO2/c1-3-9-13(2)12(14)15-10-11-7-5-4-6-8-11/h3-9H,10H2,1-2H3/b9-3+. The summed E-state index contributed by atoms with van der Waals surface area (Å²) in [5.74, 6) is 0. The molecule has 0 radical (unpaired) electrons. The van der Waals surface area contributed by atoms with E-state index < -0.39 is 0 Å². The van der Waals surface area contributed by atoms with E-state index in [0.717, 1.165) is 5.56 Å². The molecule has 0 aliphatic carbocycles. The normalized spacial score (nSPS) is 10.3. The Labute approximate surface area is 90.0 Å². The van der Waals surface area contributed by atoms with Gasteiger partial charge in [0.15, 0.2) is 0 Å². The van der Waals surface area contributed by atoms with Crippen molar-refractivity contribution < 1.29 is 9.53 Å². The van der Waals surface area contributed by atoms with E-state index in [0.29, 0.717) is 6.61 Å². The number of carbonyl (C=O) groups excluding carboxylic acids is 1. The van der Waals surface area contributed by atoms with Gasteiger partial charge in [0.05, 0.1) is 0 Å². The van der Waals surface area contributed by atoms with Gasteiger partial charge in [0.2, 0.25) is 0 Å². The zero-order chi connectivity index (χ0) is 11.1. The fraction of sp³-hybridized carbons (Fsp3) is 0.250. The van der Waals surface area contributed by atoms with Crippen LogP contribution in [0.3, 0.4) is 0 Å². The topological polar surface area (TPSA) is 29.5 Å². The zero-order valence-corrected chi connectivity index (χ0v) is 9.01. The molecule has 0 aliphatic heterocycles. The van der Waals surface area contributed by atoms with Gasteiger partial charge in [-0.05, 0) is 12.5 Å². The van der Waals surface area contributed by atoms with E-state index in [1.54, 1.807) is 19.3 Å². The number of carbonyl (C=O) groups is 1. The van der Waals surface area contributed by atoms with E-state index in [1.807, 2.05) is 37.3 Å². The van der Waals surface area contributed by atoms with Crippen molar-refractivity contribution in [1.82, 2.24) is 4.90 Å². The van der Waals surface area contributed by atoms with Gasteiger partial charge in [-0.1, -0.05) is 36.4 Å². The summed E-state index contributed by atoms with van der Waals surface area (Å²) >= 11 is 0. The highest BCUT2D eigenvalue weighted by atomic mass is 16.6. The van der Waals surface area contributed by atoms with Crippen molar-refractivity contribution in [3.8, 4) is 0 Å². The van der Waals surface area contributed by atoms with Crippen molar-refractivity contribution in [3.63, 3.8) is 0 Å². The van der Waals surface area contributed by atoms with Gasteiger partial charge in [0, 0.05) is 13.2 Å². The molecule has 1 aromatic rings. The minimum absolute atomic E-state index is 0.307. The fourth-order valence-electron chi connectivity index (χ4n) is 1.11. The summed E-state index contributed by atoms with van der Waals surface area (Å²) in [5, 5.41) is 0. The van der Waals surface area contributed by atoms with E-state index in [2.05, 4.69) is 0 Å². The van der Waals surface area contributed by atoms with Crippen LogP contribution in [0.5, 0.6) is 0 Å². The Balaban J connectivity index is 2.41. The number of ether oxygens (including phenoxy) is 1. The highest BCUT2D eigenvalue weighted by molar-refractivity contribution is 5.68. The molecule has 0 spiro atoms. The number of rotatable bonds is 3. The summed E-state index contributed by atoms with van der Waals surface area (Å²) in [6, 6.07) is 9.60. The van der Waals surface area contributed by atoms with Crippen LogP contribution in [0.2, 0.25) is 0 Å². The fourth-order valence-corrected chi connectivity index (χ4v) is 1.11. The molecule has 0 saturated carbocycles. The molecule has 0 N–H and O–H groups in total. The number of hydrogen-bond donors (Lipinski definition) is 0. The first kappa shape index (κ1) is 11.3. The van der Waals surface area contributed by atoms with Crippen LogP contribution in [0, 0.1) is 0 Å². The molecule has 0 aliphatic rings. The van der Waals surface area contributed by atoms with Gasteiger partial charge < -0.3 is 4.74 Å². The van der Waals surface area contributed by atoms with Gasteiger partial charge in [-0.3, -0.25) is 4.90 Å². The van der Waals surface area contributed by atoms with Gasteiger partial charge in [-0.15, -0.1) is 0 Å². The molecule has 0 atom stereocenters. The van der Waals surface area contributed by atoms with Crippen molar-refractivity contribution in [2.75, 3.05) is 7.05 Å².